The second-order valence-corrected chi connectivity index (χ2v) is 19.0. The summed E-state index contributed by atoms with van der Waals surface area (Å²) < 4.78 is 0. The van der Waals surface area contributed by atoms with E-state index in [4.69, 9.17) is 0 Å². The van der Waals surface area contributed by atoms with E-state index in [2.05, 4.69) is 55.6 Å². The number of allylic oxidation sites excluding steroid dienone is 7. The third-order valence-corrected chi connectivity index (χ3v) is 12.8. The number of nitrogens with one attached hydrogen (secondary N) is 1. The van der Waals surface area contributed by atoms with Crippen molar-refractivity contribution in [3.8, 4) is 0 Å². The van der Waals surface area contributed by atoms with Crippen LogP contribution in [0.1, 0.15) is 296 Å². The summed E-state index contributed by atoms with van der Waals surface area (Å²) in [6, 6.07) is -0.649. The van der Waals surface area contributed by atoms with Gasteiger partial charge in [-0.15, -0.1) is 0 Å². The van der Waals surface area contributed by atoms with Gasteiger partial charge in [-0.3, -0.25) is 4.79 Å². The van der Waals surface area contributed by atoms with Gasteiger partial charge in [-0.25, -0.2) is 0 Å². The fraction of sp³-hybridized carbons (Fsp3) is 0.845. The summed E-state index contributed by atoms with van der Waals surface area (Å²) in [6.45, 7) is 4.31. The second-order valence-electron chi connectivity index (χ2n) is 19.0. The first-order valence-electron chi connectivity index (χ1n) is 27.9. The van der Waals surface area contributed by atoms with Gasteiger partial charge in [0.1, 0.15) is 0 Å². The first kappa shape index (κ1) is 60.4. The third kappa shape index (κ3) is 49.4. The van der Waals surface area contributed by atoms with Gasteiger partial charge in [0.05, 0.1) is 18.8 Å². The maximum atomic E-state index is 12.4. The molecule has 0 aromatic heterocycles. The lowest BCUT2D eigenvalue weighted by Gasteiger charge is -2.19. The third-order valence-electron chi connectivity index (χ3n) is 12.8. The maximum absolute atomic E-state index is 12.4. The molecule has 4 heteroatoms. The van der Waals surface area contributed by atoms with Crippen LogP contribution in [0.3, 0.4) is 0 Å². The minimum Gasteiger partial charge on any atom is -0.394 e. The molecule has 0 saturated heterocycles. The summed E-state index contributed by atoms with van der Waals surface area (Å²) in [5.41, 5.74) is 0. The number of carbonyl (C=O) groups is 1. The lowest BCUT2D eigenvalue weighted by molar-refractivity contribution is -0.123. The van der Waals surface area contributed by atoms with Gasteiger partial charge in [0.15, 0.2) is 0 Å². The van der Waals surface area contributed by atoms with E-state index in [-0.39, 0.29) is 12.5 Å². The quantitative estimate of drug-likeness (QED) is 0.0421. The SMILES string of the molecule is CCCCCCCCC/C=C\CCCCCCCCCC(=O)NC(CO)C(O)/C=C/CC/C=C/CC/C=C/CCCCCCCCCCCCCCCCCCCCCCCC. The second kappa shape index (κ2) is 53.7. The molecule has 4 nitrogen and oxygen atoms in total. The fourth-order valence-electron chi connectivity index (χ4n) is 8.50. The van der Waals surface area contributed by atoms with Gasteiger partial charge in [-0.2, -0.15) is 0 Å². The van der Waals surface area contributed by atoms with Gasteiger partial charge < -0.3 is 15.5 Å². The highest BCUT2D eigenvalue weighted by molar-refractivity contribution is 5.76. The predicted octanol–water partition coefficient (Wildman–Crippen LogP) is 18.3. The molecule has 62 heavy (non-hydrogen) atoms. The zero-order chi connectivity index (χ0) is 44.9. The van der Waals surface area contributed by atoms with E-state index < -0.39 is 12.1 Å². The highest BCUT2D eigenvalue weighted by Gasteiger charge is 2.18. The summed E-state index contributed by atoms with van der Waals surface area (Å²) in [6.07, 6.45) is 74.2. The van der Waals surface area contributed by atoms with Gasteiger partial charge in [0.25, 0.3) is 0 Å². The Kier molecular flexibility index (Phi) is 52.3. The normalized spacial score (nSPS) is 13.2. The van der Waals surface area contributed by atoms with Crippen molar-refractivity contribution in [2.24, 2.45) is 0 Å². The molecule has 3 N–H and O–H groups in total. The average molecular weight is 869 g/mol. The molecule has 2 unspecified atom stereocenters. The van der Waals surface area contributed by atoms with Crippen LogP contribution in [0.15, 0.2) is 48.6 Å². The molecule has 0 rings (SSSR count). The van der Waals surface area contributed by atoms with Gasteiger partial charge in [0.2, 0.25) is 5.91 Å². The van der Waals surface area contributed by atoms with E-state index in [1.54, 1.807) is 6.08 Å². The van der Waals surface area contributed by atoms with Crippen LogP contribution in [-0.4, -0.2) is 34.9 Å². The Morgan fingerprint density at radius 1 is 0.371 bits per heavy atom. The molecule has 0 aliphatic heterocycles. The number of unbranched alkanes of at least 4 members (excludes halogenated alkanes) is 38. The smallest absolute Gasteiger partial charge is 0.220 e. The van der Waals surface area contributed by atoms with Crippen molar-refractivity contribution in [2.75, 3.05) is 6.61 Å². The molecule has 364 valence electrons. The van der Waals surface area contributed by atoms with Crippen LogP contribution in [-0.2, 0) is 4.79 Å². The summed E-state index contributed by atoms with van der Waals surface area (Å²) in [5.74, 6) is -0.0807. The summed E-state index contributed by atoms with van der Waals surface area (Å²) in [7, 11) is 0. The highest BCUT2D eigenvalue weighted by Crippen LogP contribution is 2.16. The summed E-state index contributed by atoms with van der Waals surface area (Å²) in [4.78, 5) is 12.4. The number of hydrogen-bond acceptors (Lipinski definition) is 3. The van der Waals surface area contributed by atoms with E-state index in [1.165, 1.54) is 238 Å². The van der Waals surface area contributed by atoms with Crippen molar-refractivity contribution in [1.82, 2.24) is 5.32 Å². The van der Waals surface area contributed by atoms with Crippen molar-refractivity contribution in [1.29, 1.82) is 0 Å². The van der Waals surface area contributed by atoms with E-state index in [0.29, 0.717) is 6.42 Å². The molecule has 0 heterocycles. The molecule has 0 aromatic carbocycles. The predicted molar refractivity (Wildman–Crippen MR) is 276 cm³/mol. The Balaban J connectivity index is 3.54. The van der Waals surface area contributed by atoms with Crippen molar-refractivity contribution < 1.29 is 15.0 Å². The highest BCUT2D eigenvalue weighted by atomic mass is 16.3. The van der Waals surface area contributed by atoms with Crippen molar-refractivity contribution in [3.05, 3.63) is 48.6 Å². The van der Waals surface area contributed by atoms with Crippen LogP contribution in [0.4, 0.5) is 0 Å². The number of hydrogen-bond donors (Lipinski definition) is 3. The molecule has 0 fully saturated rings. The van der Waals surface area contributed by atoms with Gasteiger partial charge in [-0.1, -0.05) is 268 Å². The van der Waals surface area contributed by atoms with E-state index in [1.807, 2.05) is 6.08 Å². The fourth-order valence-corrected chi connectivity index (χ4v) is 8.50. The molecule has 0 saturated carbocycles. The molecular weight excluding hydrogens is 759 g/mol. The van der Waals surface area contributed by atoms with Crippen LogP contribution in [0.5, 0.6) is 0 Å². The first-order chi connectivity index (χ1) is 30.7. The summed E-state index contributed by atoms with van der Waals surface area (Å²) in [5, 5.41) is 23.1. The van der Waals surface area contributed by atoms with Crippen LogP contribution in [0.25, 0.3) is 0 Å². The van der Waals surface area contributed by atoms with Crippen LogP contribution >= 0.6 is 0 Å². The molecule has 0 radical (unpaired) electrons. The number of amides is 1. The Hall–Kier alpha value is -1.65. The lowest BCUT2D eigenvalue weighted by Crippen LogP contribution is -2.45. The maximum Gasteiger partial charge on any atom is 0.220 e. The Morgan fingerprint density at radius 3 is 0.935 bits per heavy atom. The van der Waals surface area contributed by atoms with Crippen molar-refractivity contribution in [3.63, 3.8) is 0 Å². The first-order valence-corrected chi connectivity index (χ1v) is 27.9. The standard InChI is InChI=1S/C58H109NO3/c1-3-5-7-9-11-13-15-17-19-21-23-24-25-26-27-28-29-30-31-32-33-34-35-36-37-39-41-43-45-47-49-51-53-57(61)56(55-60)59-58(62)54-52-50-48-46-44-42-40-38-22-20-18-16-14-12-10-8-6-4-2/h20,22,36-37,43,45,51,53,56-57,60-61H,3-19,21,23-35,38-42,44,46-50,52,54-55H2,1-2H3,(H,59,62)/b22-20-,37-36+,45-43+,53-51+. The van der Waals surface area contributed by atoms with Crippen LogP contribution in [0, 0.1) is 0 Å². The monoisotopic (exact) mass is 868 g/mol. The van der Waals surface area contributed by atoms with E-state index >= 15 is 0 Å². The van der Waals surface area contributed by atoms with E-state index in [9.17, 15) is 15.0 Å². The number of rotatable bonds is 51. The topological polar surface area (TPSA) is 69.6 Å². The summed E-state index contributed by atoms with van der Waals surface area (Å²) >= 11 is 0. The molecule has 0 bridgehead atoms. The Morgan fingerprint density at radius 2 is 0.629 bits per heavy atom. The zero-order valence-corrected chi connectivity index (χ0v) is 41.9. The number of aliphatic hydroxyl groups excluding tert-OH is 2. The van der Waals surface area contributed by atoms with Crippen molar-refractivity contribution in [2.45, 2.75) is 309 Å². The van der Waals surface area contributed by atoms with Crippen LogP contribution < -0.4 is 5.32 Å². The van der Waals surface area contributed by atoms with Gasteiger partial charge in [-0.05, 0) is 70.6 Å². The molecule has 0 spiro atoms. The number of aliphatic hydroxyl groups is 2. The molecular formula is C58H109NO3. The van der Waals surface area contributed by atoms with Gasteiger partial charge in [0, 0.05) is 6.42 Å². The zero-order valence-electron chi connectivity index (χ0n) is 41.9. The minimum atomic E-state index is -0.873. The van der Waals surface area contributed by atoms with E-state index in [0.717, 1.165) is 38.5 Å². The molecule has 1 amide bonds. The van der Waals surface area contributed by atoms with Crippen LogP contribution in [0.2, 0.25) is 0 Å². The Bertz CT molecular complexity index is 985. The number of carbonyl (C=O) groups excluding carboxylic acids is 1. The largest absolute Gasteiger partial charge is 0.394 e. The Labute approximate surface area is 388 Å². The molecule has 0 aromatic rings. The molecule has 0 aliphatic rings. The molecule has 0 aliphatic carbocycles. The molecule has 2 atom stereocenters. The minimum absolute atomic E-state index is 0.0807. The average Bonchev–Trinajstić information content (AvgIpc) is 3.28. The lowest BCUT2D eigenvalue weighted by atomic mass is 10.0. The van der Waals surface area contributed by atoms with Gasteiger partial charge >= 0.3 is 0 Å². The van der Waals surface area contributed by atoms with Crippen molar-refractivity contribution >= 4 is 5.91 Å².